The second kappa shape index (κ2) is 4.45. The van der Waals surface area contributed by atoms with Gasteiger partial charge in [0.25, 0.3) is 0 Å². The van der Waals surface area contributed by atoms with Crippen LogP contribution in [0.5, 0.6) is 17.2 Å². The van der Waals surface area contributed by atoms with Gasteiger partial charge in [-0.3, -0.25) is 0 Å². The van der Waals surface area contributed by atoms with Crippen molar-refractivity contribution in [1.82, 2.24) is 0 Å². The molecule has 3 N–H and O–H groups in total. The van der Waals surface area contributed by atoms with Crippen molar-refractivity contribution in [3.8, 4) is 17.2 Å². The van der Waals surface area contributed by atoms with Crippen LogP contribution in [0, 0.1) is 0 Å². The van der Waals surface area contributed by atoms with Crippen molar-refractivity contribution in [3.05, 3.63) is 46.9 Å². The second-order valence-corrected chi connectivity index (χ2v) is 4.20. The SMILES string of the molecule is Nc1cc(Oc2cccc(Br)c2)ccc1O. The van der Waals surface area contributed by atoms with E-state index in [2.05, 4.69) is 15.9 Å². The predicted octanol–water partition coefficient (Wildman–Crippen LogP) is 3.53. The number of ether oxygens (including phenoxy) is 1. The molecule has 16 heavy (non-hydrogen) atoms. The van der Waals surface area contributed by atoms with Gasteiger partial charge in [0, 0.05) is 10.5 Å². The Balaban J connectivity index is 2.24. The smallest absolute Gasteiger partial charge is 0.138 e. The monoisotopic (exact) mass is 279 g/mol. The Bertz CT molecular complexity index is 514. The van der Waals surface area contributed by atoms with E-state index in [1.165, 1.54) is 6.07 Å². The Labute approximate surface area is 102 Å². The van der Waals surface area contributed by atoms with E-state index in [0.717, 1.165) is 4.47 Å². The molecular weight excluding hydrogens is 270 g/mol. The number of nitrogen functional groups attached to an aromatic ring is 1. The molecule has 2 aromatic carbocycles. The molecule has 0 aromatic heterocycles. The van der Waals surface area contributed by atoms with E-state index in [1.54, 1.807) is 12.1 Å². The number of aromatic hydroxyl groups is 1. The number of halogens is 1. The van der Waals surface area contributed by atoms with Crippen molar-refractivity contribution in [2.45, 2.75) is 0 Å². The fourth-order valence-electron chi connectivity index (χ4n) is 1.26. The summed E-state index contributed by atoms with van der Waals surface area (Å²) in [7, 11) is 0. The van der Waals surface area contributed by atoms with Crippen LogP contribution in [0.4, 0.5) is 5.69 Å². The summed E-state index contributed by atoms with van der Waals surface area (Å²) in [6, 6.07) is 12.2. The maximum Gasteiger partial charge on any atom is 0.138 e. The van der Waals surface area contributed by atoms with E-state index in [4.69, 9.17) is 10.5 Å². The number of phenolic OH excluding ortho intramolecular Hbond substituents is 1. The summed E-state index contributed by atoms with van der Waals surface area (Å²) < 4.78 is 6.52. The Morgan fingerprint density at radius 2 is 1.81 bits per heavy atom. The van der Waals surface area contributed by atoms with Gasteiger partial charge in [-0.15, -0.1) is 0 Å². The van der Waals surface area contributed by atoms with E-state index in [-0.39, 0.29) is 5.75 Å². The van der Waals surface area contributed by atoms with E-state index < -0.39 is 0 Å². The molecule has 2 aromatic rings. The summed E-state index contributed by atoms with van der Waals surface area (Å²) in [5.74, 6) is 1.36. The summed E-state index contributed by atoms with van der Waals surface area (Å²) in [5.41, 5.74) is 5.86. The molecule has 0 unspecified atom stereocenters. The van der Waals surface area contributed by atoms with Gasteiger partial charge in [0.1, 0.15) is 17.2 Å². The average Bonchev–Trinajstić information content (AvgIpc) is 2.24. The van der Waals surface area contributed by atoms with Crippen LogP contribution in [0.1, 0.15) is 0 Å². The highest BCUT2D eigenvalue weighted by Gasteiger charge is 2.01. The van der Waals surface area contributed by atoms with Gasteiger partial charge in [-0.25, -0.2) is 0 Å². The Hall–Kier alpha value is -1.68. The van der Waals surface area contributed by atoms with E-state index in [1.807, 2.05) is 24.3 Å². The average molecular weight is 280 g/mol. The second-order valence-electron chi connectivity index (χ2n) is 3.28. The summed E-state index contributed by atoms with van der Waals surface area (Å²) in [6.45, 7) is 0. The largest absolute Gasteiger partial charge is 0.506 e. The number of hydrogen-bond acceptors (Lipinski definition) is 3. The van der Waals surface area contributed by atoms with Gasteiger partial charge in [-0.2, -0.15) is 0 Å². The Morgan fingerprint density at radius 1 is 1.06 bits per heavy atom. The van der Waals surface area contributed by atoms with Crippen LogP contribution in [-0.4, -0.2) is 5.11 Å². The fourth-order valence-corrected chi connectivity index (χ4v) is 1.64. The molecule has 3 nitrogen and oxygen atoms in total. The molecule has 0 saturated heterocycles. The number of benzene rings is 2. The van der Waals surface area contributed by atoms with Crippen LogP contribution in [0.3, 0.4) is 0 Å². The summed E-state index contributed by atoms with van der Waals surface area (Å²) in [5, 5.41) is 9.27. The number of anilines is 1. The summed E-state index contributed by atoms with van der Waals surface area (Å²) >= 11 is 3.36. The molecule has 0 aliphatic heterocycles. The van der Waals surface area contributed by atoms with Crippen LogP contribution in [0.2, 0.25) is 0 Å². The lowest BCUT2D eigenvalue weighted by molar-refractivity contribution is 0.466. The fraction of sp³-hybridized carbons (Fsp3) is 0. The van der Waals surface area contributed by atoms with Crippen LogP contribution in [-0.2, 0) is 0 Å². The van der Waals surface area contributed by atoms with Crippen molar-refractivity contribution < 1.29 is 9.84 Å². The molecule has 0 saturated carbocycles. The van der Waals surface area contributed by atoms with Gasteiger partial charge in [0.2, 0.25) is 0 Å². The summed E-state index contributed by atoms with van der Waals surface area (Å²) in [4.78, 5) is 0. The Morgan fingerprint density at radius 3 is 2.50 bits per heavy atom. The molecule has 2 rings (SSSR count). The van der Waals surface area contributed by atoms with Crippen LogP contribution < -0.4 is 10.5 Å². The number of rotatable bonds is 2. The zero-order valence-electron chi connectivity index (χ0n) is 8.35. The normalized spacial score (nSPS) is 10.1. The van der Waals surface area contributed by atoms with E-state index in [9.17, 15) is 5.11 Å². The first-order valence-electron chi connectivity index (χ1n) is 4.67. The third-order valence-corrected chi connectivity index (χ3v) is 2.52. The third-order valence-electron chi connectivity index (χ3n) is 2.03. The molecule has 0 spiro atoms. The third kappa shape index (κ3) is 2.46. The lowest BCUT2D eigenvalue weighted by Crippen LogP contribution is -1.88. The maximum atomic E-state index is 9.27. The topological polar surface area (TPSA) is 55.5 Å². The standard InChI is InChI=1S/C12H10BrNO2/c13-8-2-1-3-9(6-8)16-10-4-5-12(15)11(14)7-10/h1-7,15H,14H2. The van der Waals surface area contributed by atoms with Gasteiger partial charge >= 0.3 is 0 Å². The van der Waals surface area contributed by atoms with E-state index in [0.29, 0.717) is 17.2 Å². The highest BCUT2D eigenvalue weighted by Crippen LogP contribution is 2.29. The molecule has 0 aliphatic carbocycles. The quantitative estimate of drug-likeness (QED) is 0.653. The van der Waals surface area contributed by atoms with Crippen molar-refractivity contribution >= 4 is 21.6 Å². The molecule has 0 bridgehead atoms. The highest BCUT2D eigenvalue weighted by molar-refractivity contribution is 9.10. The number of phenols is 1. The predicted molar refractivity (Wildman–Crippen MR) is 66.7 cm³/mol. The minimum absolute atomic E-state index is 0.0570. The van der Waals surface area contributed by atoms with Gasteiger partial charge in [0.15, 0.2) is 0 Å². The molecule has 0 radical (unpaired) electrons. The minimum Gasteiger partial charge on any atom is -0.506 e. The molecule has 0 fully saturated rings. The molecule has 0 aliphatic rings. The lowest BCUT2D eigenvalue weighted by atomic mass is 10.3. The maximum absolute atomic E-state index is 9.27. The van der Waals surface area contributed by atoms with Gasteiger partial charge < -0.3 is 15.6 Å². The van der Waals surface area contributed by atoms with Gasteiger partial charge in [-0.1, -0.05) is 22.0 Å². The van der Waals surface area contributed by atoms with Crippen molar-refractivity contribution in [2.75, 3.05) is 5.73 Å². The first kappa shape index (κ1) is 10.8. The van der Waals surface area contributed by atoms with E-state index >= 15 is 0 Å². The van der Waals surface area contributed by atoms with Crippen molar-refractivity contribution in [3.63, 3.8) is 0 Å². The van der Waals surface area contributed by atoms with Crippen LogP contribution in [0.15, 0.2) is 46.9 Å². The number of hydrogen-bond donors (Lipinski definition) is 2. The highest BCUT2D eigenvalue weighted by atomic mass is 79.9. The molecule has 82 valence electrons. The zero-order chi connectivity index (χ0) is 11.5. The Kier molecular flexibility index (Phi) is 3.01. The van der Waals surface area contributed by atoms with Crippen LogP contribution in [0.25, 0.3) is 0 Å². The molecular formula is C12H10BrNO2. The molecule has 0 amide bonds. The first-order chi connectivity index (χ1) is 7.65. The molecule has 0 heterocycles. The first-order valence-corrected chi connectivity index (χ1v) is 5.46. The lowest BCUT2D eigenvalue weighted by Gasteiger charge is -2.07. The molecule has 4 heteroatoms. The molecule has 0 atom stereocenters. The van der Waals surface area contributed by atoms with Gasteiger partial charge in [-0.05, 0) is 30.3 Å². The zero-order valence-corrected chi connectivity index (χ0v) is 9.94. The van der Waals surface area contributed by atoms with Crippen LogP contribution >= 0.6 is 15.9 Å². The van der Waals surface area contributed by atoms with Crippen molar-refractivity contribution in [1.29, 1.82) is 0 Å². The summed E-state index contributed by atoms with van der Waals surface area (Å²) in [6.07, 6.45) is 0. The van der Waals surface area contributed by atoms with Crippen molar-refractivity contribution in [2.24, 2.45) is 0 Å². The van der Waals surface area contributed by atoms with Gasteiger partial charge in [0.05, 0.1) is 5.69 Å². The minimum atomic E-state index is 0.0570. The number of nitrogens with two attached hydrogens (primary N) is 1.